The van der Waals surface area contributed by atoms with Gasteiger partial charge in [-0.25, -0.2) is 8.42 Å². The number of hydrogen-bond acceptors (Lipinski definition) is 4. The molecule has 5 nitrogen and oxygen atoms in total. The van der Waals surface area contributed by atoms with Crippen molar-refractivity contribution in [1.82, 2.24) is 4.72 Å². The fraction of sp³-hybridized carbons (Fsp3) is 0.833. The van der Waals surface area contributed by atoms with E-state index in [0.717, 1.165) is 0 Å². The highest BCUT2D eigenvalue weighted by atomic mass is 79.9. The van der Waals surface area contributed by atoms with Crippen LogP contribution >= 0.6 is 15.9 Å². The van der Waals surface area contributed by atoms with Gasteiger partial charge in [-0.05, 0) is 6.92 Å². The number of halogens is 1. The Morgan fingerprint density at radius 2 is 2.31 bits per heavy atom. The predicted molar refractivity (Wildman–Crippen MR) is 49.8 cm³/mol. The summed E-state index contributed by atoms with van der Waals surface area (Å²) in [5.41, 5.74) is -1.09. The summed E-state index contributed by atoms with van der Waals surface area (Å²) in [6, 6.07) is 0. The SMILES string of the molecule is CC1(NS(=O)(=O)CBr)CCOC1=O. The molecule has 1 rings (SSSR count). The molecule has 1 atom stereocenters. The Kier molecular flexibility index (Phi) is 2.98. The van der Waals surface area contributed by atoms with Crippen LogP contribution in [0.2, 0.25) is 0 Å². The molecule has 0 aromatic rings. The van der Waals surface area contributed by atoms with Crippen LogP contribution in [0.3, 0.4) is 0 Å². The summed E-state index contributed by atoms with van der Waals surface area (Å²) in [5.74, 6) is -0.517. The minimum Gasteiger partial charge on any atom is -0.464 e. The zero-order chi connectivity index (χ0) is 10.1. The molecule has 1 unspecified atom stereocenters. The highest BCUT2D eigenvalue weighted by Gasteiger charge is 2.42. The molecule has 0 aromatic heterocycles. The van der Waals surface area contributed by atoms with Crippen LogP contribution in [0.1, 0.15) is 13.3 Å². The number of carbonyl (C=O) groups is 1. The molecule has 0 bridgehead atoms. The summed E-state index contributed by atoms with van der Waals surface area (Å²) >= 11 is 2.82. The van der Waals surface area contributed by atoms with Crippen molar-refractivity contribution >= 4 is 31.9 Å². The first kappa shape index (κ1) is 10.9. The van der Waals surface area contributed by atoms with Gasteiger partial charge in [-0.2, -0.15) is 4.72 Å². The minimum atomic E-state index is -3.43. The van der Waals surface area contributed by atoms with Gasteiger partial charge in [0, 0.05) is 6.42 Å². The quantitative estimate of drug-likeness (QED) is 0.578. The summed E-state index contributed by atoms with van der Waals surface area (Å²) in [7, 11) is -3.43. The molecule has 7 heteroatoms. The fourth-order valence-electron chi connectivity index (χ4n) is 1.07. The van der Waals surface area contributed by atoms with Crippen LogP contribution < -0.4 is 4.72 Å². The summed E-state index contributed by atoms with van der Waals surface area (Å²) in [4.78, 5) is 11.1. The molecule has 1 heterocycles. The average molecular weight is 272 g/mol. The van der Waals surface area contributed by atoms with E-state index in [4.69, 9.17) is 0 Å². The molecule has 1 aliphatic heterocycles. The van der Waals surface area contributed by atoms with Crippen molar-refractivity contribution in [3.05, 3.63) is 0 Å². The molecule has 0 aromatic carbocycles. The zero-order valence-electron chi connectivity index (χ0n) is 7.04. The number of cyclic esters (lactones) is 1. The Morgan fingerprint density at radius 1 is 1.69 bits per heavy atom. The van der Waals surface area contributed by atoms with Gasteiger partial charge in [0.05, 0.1) is 6.61 Å². The summed E-state index contributed by atoms with van der Waals surface area (Å²) in [6.07, 6.45) is 0.373. The Balaban J connectivity index is 2.78. The fourth-order valence-corrected chi connectivity index (χ4v) is 2.34. The monoisotopic (exact) mass is 271 g/mol. The molecule has 0 saturated carbocycles. The highest BCUT2D eigenvalue weighted by molar-refractivity contribution is 9.10. The van der Waals surface area contributed by atoms with E-state index in [0.29, 0.717) is 6.42 Å². The normalized spacial score (nSPS) is 28.9. The molecule has 0 radical (unpaired) electrons. The van der Waals surface area contributed by atoms with Crippen LogP contribution in [0.15, 0.2) is 0 Å². The van der Waals surface area contributed by atoms with Gasteiger partial charge in [-0.15, -0.1) is 0 Å². The third kappa shape index (κ3) is 2.41. The van der Waals surface area contributed by atoms with E-state index in [9.17, 15) is 13.2 Å². The lowest BCUT2D eigenvalue weighted by molar-refractivity contribution is -0.142. The Labute approximate surface area is 85.0 Å². The van der Waals surface area contributed by atoms with E-state index in [2.05, 4.69) is 25.4 Å². The predicted octanol–water partition coefficient (Wildman–Crippen LogP) is -0.0362. The van der Waals surface area contributed by atoms with E-state index < -0.39 is 21.5 Å². The summed E-state index contributed by atoms with van der Waals surface area (Å²) < 4.78 is 29.0. The van der Waals surface area contributed by atoms with Crippen molar-refractivity contribution < 1.29 is 17.9 Å². The lowest BCUT2D eigenvalue weighted by Crippen LogP contribution is -2.49. The van der Waals surface area contributed by atoms with Crippen molar-refractivity contribution in [2.45, 2.75) is 18.9 Å². The number of esters is 1. The number of ether oxygens (including phenoxy) is 1. The van der Waals surface area contributed by atoms with Crippen LogP contribution in [0, 0.1) is 0 Å². The van der Waals surface area contributed by atoms with Gasteiger partial charge in [0.2, 0.25) is 10.0 Å². The van der Waals surface area contributed by atoms with Crippen LogP contribution in [0.4, 0.5) is 0 Å². The van der Waals surface area contributed by atoms with Crippen LogP contribution in [-0.4, -0.2) is 31.2 Å². The second kappa shape index (κ2) is 3.55. The van der Waals surface area contributed by atoms with Crippen LogP contribution in [0.5, 0.6) is 0 Å². The molecule has 1 aliphatic rings. The van der Waals surface area contributed by atoms with Gasteiger partial charge in [0.25, 0.3) is 0 Å². The zero-order valence-corrected chi connectivity index (χ0v) is 9.44. The molecule has 1 N–H and O–H groups in total. The average Bonchev–Trinajstić information content (AvgIpc) is 2.31. The Bertz CT molecular complexity index is 315. The smallest absolute Gasteiger partial charge is 0.327 e. The second-order valence-corrected chi connectivity index (χ2v) is 6.07. The van der Waals surface area contributed by atoms with Gasteiger partial charge in [-0.1, -0.05) is 15.9 Å². The number of nitrogens with one attached hydrogen (secondary N) is 1. The summed E-state index contributed by atoms with van der Waals surface area (Å²) in [5, 5.41) is 0. The molecule has 0 aliphatic carbocycles. The van der Waals surface area contributed by atoms with Crippen molar-refractivity contribution in [2.24, 2.45) is 0 Å². The van der Waals surface area contributed by atoms with Crippen LogP contribution in [0.25, 0.3) is 0 Å². The van der Waals surface area contributed by atoms with E-state index in [1.165, 1.54) is 6.92 Å². The maximum atomic E-state index is 11.1. The van der Waals surface area contributed by atoms with Crippen molar-refractivity contribution in [3.8, 4) is 0 Å². The van der Waals surface area contributed by atoms with Gasteiger partial charge in [0.15, 0.2) is 0 Å². The molecule has 1 saturated heterocycles. The number of sulfonamides is 1. The topological polar surface area (TPSA) is 72.5 Å². The third-order valence-corrected chi connectivity index (χ3v) is 4.67. The molecule has 0 amide bonds. The van der Waals surface area contributed by atoms with E-state index in [1.807, 2.05) is 0 Å². The van der Waals surface area contributed by atoms with Gasteiger partial charge < -0.3 is 4.74 Å². The maximum absolute atomic E-state index is 11.1. The third-order valence-electron chi connectivity index (χ3n) is 1.81. The molecule has 13 heavy (non-hydrogen) atoms. The van der Waals surface area contributed by atoms with Crippen LogP contribution in [-0.2, 0) is 19.6 Å². The summed E-state index contributed by atoms with van der Waals surface area (Å²) in [6.45, 7) is 1.78. The number of rotatable bonds is 3. The minimum absolute atomic E-state index is 0.219. The lowest BCUT2D eigenvalue weighted by atomic mass is 10.0. The lowest BCUT2D eigenvalue weighted by Gasteiger charge is -2.19. The van der Waals surface area contributed by atoms with E-state index >= 15 is 0 Å². The molecular weight excluding hydrogens is 262 g/mol. The van der Waals surface area contributed by atoms with E-state index in [1.54, 1.807) is 0 Å². The number of alkyl halides is 1. The highest BCUT2D eigenvalue weighted by Crippen LogP contribution is 2.20. The van der Waals surface area contributed by atoms with Crippen molar-refractivity contribution in [2.75, 3.05) is 11.3 Å². The van der Waals surface area contributed by atoms with E-state index in [-0.39, 0.29) is 11.3 Å². The standard InChI is InChI=1S/C6H10BrNO4S/c1-6(2-3-12-5(6)9)8-13(10,11)4-7/h8H,2-4H2,1H3. The molecular formula is C6H10BrNO4S. The number of carbonyl (C=O) groups excluding carboxylic acids is 1. The van der Waals surface area contributed by atoms with Crippen molar-refractivity contribution in [3.63, 3.8) is 0 Å². The molecule has 0 spiro atoms. The van der Waals surface area contributed by atoms with Gasteiger partial charge >= 0.3 is 5.97 Å². The Hall–Kier alpha value is -0.140. The van der Waals surface area contributed by atoms with Crippen molar-refractivity contribution in [1.29, 1.82) is 0 Å². The first-order chi connectivity index (χ1) is 5.90. The largest absolute Gasteiger partial charge is 0.464 e. The number of hydrogen-bond donors (Lipinski definition) is 1. The molecule has 1 fully saturated rings. The first-order valence-corrected chi connectivity index (χ1v) is 6.42. The second-order valence-electron chi connectivity index (χ2n) is 3.04. The first-order valence-electron chi connectivity index (χ1n) is 3.64. The Morgan fingerprint density at radius 3 is 2.69 bits per heavy atom. The van der Waals surface area contributed by atoms with Gasteiger partial charge in [-0.3, -0.25) is 4.79 Å². The molecule has 76 valence electrons. The van der Waals surface area contributed by atoms with Gasteiger partial charge in [0.1, 0.15) is 10.2 Å². The maximum Gasteiger partial charge on any atom is 0.327 e.